The fourth-order valence-electron chi connectivity index (χ4n) is 4.67. The number of hydrogen-bond donors (Lipinski definition) is 1. The van der Waals surface area contributed by atoms with Gasteiger partial charge in [0, 0.05) is 38.4 Å². The number of nitrogens with zero attached hydrogens (tertiary/aromatic N) is 2. The maximum Gasteiger partial charge on any atom is 0.235 e. The minimum Gasteiger partial charge on any atom is -0.325 e. The zero-order valence-electron chi connectivity index (χ0n) is 17.2. The summed E-state index contributed by atoms with van der Waals surface area (Å²) in [6, 6.07) is 14.7. The van der Waals surface area contributed by atoms with E-state index in [0.717, 1.165) is 69.7 Å². The first kappa shape index (κ1) is 20.0. The number of nitrogens with one attached hydrogen (secondary N) is 1. The molecule has 29 heavy (non-hydrogen) atoms. The van der Waals surface area contributed by atoms with Crippen LogP contribution in [0.1, 0.15) is 36.8 Å². The first-order valence-corrected chi connectivity index (χ1v) is 10.6. The van der Waals surface area contributed by atoms with Crippen molar-refractivity contribution < 1.29 is 9.18 Å². The molecule has 4 rings (SSSR count). The Hall–Kier alpha value is -2.24. The summed E-state index contributed by atoms with van der Waals surface area (Å²) < 4.78 is 13.8. The molecule has 0 atom stereocenters. The average molecular weight is 396 g/mol. The second-order valence-corrected chi connectivity index (χ2v) is 8.53. The highest BCUT2D eigenvalue weighted by Crippen LogP contribution is 2.42. The molecule has 1 heterocycles. The molecule has 1 aliphatic heterocycles. The first-order chi connectivity index (χ1) is 14.0. The highest BCUT2D eigenvalue weighted by Gasteiger charge is 2.42. The van der Waals surface area contributed by atoms with Crippen molar-refractivity contribution in [2.24, 2.45) is 0 Å². The van der Waals surface area contributed by atoms with Crippen LogP contribution >= 0.6 is 0 Å². The van der Waals surface area contributed by atoms with E-state index in [-0.39, 0.29) is 11.7 Å². The minimum atomic E-state index is -0.629. The predicted molar refractivity (Wildman–Crippen MR) is 114 cm³/mol. The predicted octanol–water partition coefficient (Wildman–Crippen LogP) is 4.02. The number of piperazine rings is 1. The molecule has 0 bridgehead atoms. The van der Waals surface area contributed by atoms with E-state index in [1.54, 1.807) is 6.07 Å². The molecule has 2 aromatic rings. The van der Waals surface area contributed by atoms with Crippen LogP contribution in [0.3, 0.4) is 0 Å². The zero-order chi connectivity index (χ0) is 20.3. The molecule has 154 valence electrons. The fraction of sp³-hybridized carbons (Fsp3) is 0.458. The first-order valence-electron chi connectivity index (χ1n) is 10.6. The van der Waals surface area contributed by atoms with Gasteiger partial charge >= 0.3 is 0 Å². The molecule has 2 aromatic carbocycles. The van der Waals surface area contributed by atoms with Crippen LogP contribution in [0.5, 0.6) is 0 Å². The van der Waals surface area contributed by atoms with Gasteiger partial charge in [-0.15, -0.1) is 0 Å². The van der Waals surface area contributed by atoms with Gasteiger partial charge < -0.3 is 10.2 Å². The maximum atomic E-state index is 13.8. The van der Waals surface area contributed by atoms with Gasteiger partial charge in [-0.05, 0) is 55.3 Å². The molecule has 0 unspecified atom stereocenters. The summed E-state index contributed by atoms with van der Waals surface area (Å²) in [4.78, 5) is 18.1. The van der Waals surface area contributed by atoms with Gasteiger partial charge in [0.2, 0.25) is 5.91 Å². The lowest BCUT2D eigenvalue weighted by atomic mass is 9.78. The number of amides is 1. The molecule has 1 aliphatic carbocycles. The van der Waals surface area contributed by atoms with Gasteiger partial charge in [0.25, 0.3) is 0 Å². The summed E-state index contributed by atoms with van der Waals surface area (Å²) in [5, 5.41) is 3.14. The smallest absolute Gasteiger partial charge is 0.235 e. The fourth-order valence-corrected chi connectivity index (χ4v) is 4.67. The summed E-state index contributed by atoms with van der Waals surface area (Å²) in [6.07, 6.45) is 3.52. The van der Waals surface area contributed by atoms with Crippen molar-refractivity contribution in [3.63, 3.8) is 0 Å². The Labute approximate surface area is 172 Å². The van der Waals surface area contributed by atoms with E-state index in [1.165, 1.54) is 17.7 Å². The second-order valence-electron chi connectivity index (χ2n) is 8.53. The largest absolute Gasteiger partial charge is 0.325 e. The number of carbonyl (C=O) groups is 1. The Bertz CT molecular complexity index is 855. The van der Waals surface area contributed by atoms with Gasteiger partial charge in [-0.1, -0.05) is 37.1 Å². The third kappa shape index (κ3) is 4.51. The zero-order valence-corrected chi connectivity index (χ0v) is 17.2. The van der Waals surface area contributed by atoms with E-state index in [1.807, 2.05) is 18.2 Å². The van der Waals surface area contributed by atoms with Crippen LogP contribution in [0.4, 0.5) is 10.1 Å². The highest BCUT2D eigenvalue weighted by atomic mass is 19.1. The summed E-state index contributed by atoms with van der Waals surface area (Å²) in [5.74, 6) is -0.298. The Morgan fingerprint density at radius 3 is 2.48 bits per heavy atom. The number of benzene rings is 2. The maximum absolute atomic E-state index is 13.8. The van der Waals surface area contributed by atoms with Crippen LogP contribution in [0.2, 0.25) is 0 Å². The monoisotopic (exact) mass is 395 g/mol. The summed E-state index contributed by atoms with van der Waals surface area (Å²) >= 11 is 0. The standard InChI is InChI=1S/C24H30FN3O/c1-27-12-14-28(15-13-27)18-19-6-4-9-22(16-19)26-23(29)24(10-2-3-11-24)20-7-5-8-21(25)17-20/h4-9,16-17H,2-3,10-15,18H2,1H3,(H,26,29). The van der Waals surface area contributed by atoms with E-state index in [2.05, 4.69) is 34.3 Å². The Kier molecular flexibility index (Phi) is 5.97. The van der Waals surface area contributed by atoms with Gasteiger partial charge in [0.15, 0.2) is 0 Å². The van der Waals surface area contributed by atoms with E-state index in [0.29, 0.717) is 0 Å². The lowest BCUT2D eigenvalue weighted by molar-refractivity contribution is -0.121. The van der Waals surface area contributed by atoms with Crippen molar-refractivity contribution in [2.45, 2.75) is 37.6 Å². The number of halogens is 1. The number of rotatable bonds is 5. The van der Waals surface area contributed by atoms with Crippen molar-refractivity contribution in [1.82, 2.24) is 9.80 Å². The van der Waals surface area contributed by atoms with Crippen molar-refractivity contribution in [2.75, 3.05) is 38.5 Å². The van der Waals surface area contributed by atoms with Crippen molar-refractivity contribution in [1.29, 1.82) is 0 Å². The van der Waals surface area contributed by atoms with Crippen molar-refractivity contribution >= 4 is 11.6 Å². The van der Waals surface area contributed by atoms with Crippen molar-refractivity contribution in [3.05, 3.63) is 65.5 Å². The van der Waals surface area contributed by atoms with Crippen LogP contribution in [-0.2, 0) is 16.8 Å². The third-order valence-electron chi connectivity index (χ3n) is 6.46. The molecule has 1 amide bonds. The SMILES string of the molecule is CN1CCN(Cc2cccc(NC(=O)C3(c4cccc(F)c4)CCCC3)c2)CC1. The van der Waals surface area contributed by atoms with Crippen LogP contribution in [0.25, 0.3) is 0 Å². The minimum absolute atomic E-state index is 0.0163. The number of hydrogen-bond acceptors (Lipinski definition) is 3. The Balaban J connectivity index is 1.48. The van der Waals surface area contributed by atoms with Gasteiger partial charge in [-0.25, -0.2) is 4.39 Å². The number of likely N-dealkylation sites (N-methyl/N-ethyl adjacent to an activating group) is 1. The molecule has 2 fully saturated rings. The lowest BCUT2D eigenvalue weighted by Crippen LogP contribution is -2.43. The topological polar surface area (TPSA) is 35.6 Å². The molecule has 0 aromatic heterocycles. The molecule has 1 saturated heterocycles. The summed E-state index contributed by atoms with van der Waals surface area (Å²) in [5.41, 5.74) is 2.19. The second kappa shape index (κ2) is 8.64. The van der Waals surface area contributed by atoms with E-state index < -0.39 is 5.41 Å². The number of anilines is 1. The molecule has 1 saturated carbocycles. The molecule has 5 heteroatoms. The van der Waals surface area contributed by atoms with Crippen LogP contribution in [0, 0.1) is 5.82 Å². The highest BCUT2D eigenvalue weighted by molar-refractivity contribution is 5.99. The normalized spacial score (nSPS) is 19.9. The molecule has 1 N–H and O–H groups in total. The van der Waals surface area contributed by atoms with Gasteiger partial charge in [-0.3, -0.25) is 9.69 Å². The van der Waals surface area contributed by atoms with Gasteiger partial charge in [-0.2, -0.15) is 0 Å². The number of carbonyl (C=O) groups excluding carboxylic acids is 1. The van der Waals surface area contributed by atoms with Gasteiger partial charge in [0.1, 0.15) is 5.82 Å². The lowest BCUT2D eigenvalue weighted by Gasteiger charge is -2.32. The summed E-state index contributed by atoms with van der Waals surface area (Å²) in [6.45, 7) is 5.21. The van der Waals surface area contributed by atoms with Crippen LogP contribution < -0.4 is 5.32 Å². The molecule has 4 nitrogen and oxygen atoms in total. The van der Waals surface area contributed by atoms with Gasteiger partial charge in [0.05, 0.1) is 5.41 Å². The van der Waals surface area contributed by atoms with Crippen molar-refractivity contribution in [3.8, 4) is 0 Å². The summed E-state index contributed by atoms with van der Waals surface area (Å²) in [7, 11) is 2.16. The third-order valence-corrected chi connectivity index (χ3v) is 6.46. The van der Waals surface area contributed by atoms with Crippen LogP contribution in [0.15, 0.2) is 48.5 Å². The van der Waals surface area contributed by atoms with E-state index in [4.69, 9.17) is 0 Å². The Morgan fingerprint density at radius 2 is 1.76 bits per heavy atom. The molecule has 0 spiro atoms. The van der Waals surface area contributed by atoms with E-state index >= 15 is 0 Å². The molecule has 2 aliphatic rings. The van der Waals surface area contributed by atoms with Crippen LogP contribution in [-0.4, -0.2) is 48.9 Å². The molecular weight excluding hydrogens is 365 g/mol. The van der Waals surface area contributed by atoms with E-state index in [9.17, 15) is 9.18 Å². The molecule has 0 radical (unpaired) electrons. The Morgan fingerprint density at radius 1 is 1.03 bits per heavy atom. The quantitative estimate of drug-likeness (QED) is 0.831. The molecular formula is C24H30FN3O. The average Bonchev–Trinajstić information content (AvgIpc) is 3.21.